The molecule has 0 fully saturated rings. The van der Waals surface area contributed by atoms with Crippen LogP contribution in [0.1, 0.15) is 30.3 Å². The number of methoxy groups -OCH3 is 1. The van der Waals surface area contributed by atoms with Gasteiger partial charge in [-0.05, 0) is 37.5 Å². The van der Waals surface area contributed by atoms with Gasteiger partial charge in [-0.2, -0.15) is 13.2 Å². The van der Waals surface area contributed by atoms with E-state index in [1.165, 1.54) is 16.6 Å². The number of hydrogen-bond acceptors (Lipinski definition) is 3. The Hall–Kier alpha value is -3.03. The third-order valence-corrected chi connectivity index (χ3v) is 5.32. The molecule has 0 unspecified atom stereocenters. The highest BCUT2D eigenvalue weighted by Crippen LogP contribution is 2.39. The summed E-state index contributed by atoms with van der Waals surface area (Å²) in [6, 6.07) is 12.1. The lowest BCUT2D eigenvalue weighted by Gasteiger charge is -2.34. The summed E-state index contributed by atoms with van der Waals surface area (Å²) in [6.07, 6.45) is -3.96. The van der Waals surface area contributed by atoms with E-state index in [2.05, 4.69) is 4.98 Å². The maximum atomic E-state index is 13.8. The van der Waals surface area contributed by atoms with Gasteiger partial charge in [0.15, 0.2) is 0 Å². The highest BCUT2D eigenvalue weighted by atomic mass is 19.4. The number of hydrogen-bond donors (Lipinski definition) is 0. The summed E-state index contributed by atoms with van der Waals surface area (Å²) in [4.78, 5) is 17.7. The van der Waals surface area contributed by atoms with Crippen molar-refractivity contribution in [1.82, 2.24) is 9.55 Å². The van der Waals surface area contributed by atoms with Crippen molar-refractivity contribution in [2.75, 3.05) is 12.0 Å². The van der Waals surface area contributed by atoms with E-state index >= 15 is 0 Å². The first-order valence-corrected chi connectivity index (χ1v) is 9.31. The average molecular weight is 403 g/mol. The van der Waals surface area contributed by atoms with E-state index in [-0.39, 0.29) is 18.1 Å². The van der Waals surface area contributed by atoms with Crippen molar-refractivity contribution in [2.45, 2.75) is 38.5 Å². The number of rotatable bonds is 2. The largest absolute Gasteiger partial charge is 0.452 e. The van der Waals surface area contributed by atoms with Gasteiger partial charge in [-0.25, -0.2) is 9.78 Å². The summed E-state index contributed by atoms with van der Waals surface area (Å²) in [6.45, 7) is 1.95. The SMILES string of the molecule is COC(=O)N1c2ccc3c(nc(C(F)(F)F)n3Cc3ccccc3)c2CC[C@@H]1C. The third kappa shape index (κ3) is 3.32. The second kappa shape index (κ2) is 7.09. The van der Waals surface area contributed by atoms with Crippen molar-refractivity contribution in [2.24, 2.45) is 0 Å². The number of amides is 1. The number of carbonyl (C=O) groups is 1. The van der Waals surface area contributed by atoms with Crippen LogP contribution in [0.25, 0.3) is 11.0 Å². The second-order valence-corrected chi connectivity index (χ2v) is 7.16. The molecule has 4 rings (SSSR count). The number of benzene rings is 2. The van der Waals surface area contributed by atoms with Crippen LogP contribution < -0.4 is 4.90 Å². The number of ether oxygens (including phenoxy) is 1. The first kappa shape index (κ1) is 19.3. The van der Waals surface area contributed by atoms with Crippen molar-refractivity contribution in [1.29, 1.82) is 0 Å². The average Bonchev–Trinajstić information content (AvgIpc) is 3.07. The molecule has 152 valence electrons. The van der Waals surface area contributed by atoms with Crippen LogP contribution in [0.4, 0.5) is 23.7 Å². The summed E-state index contributed by atoms with van der Waals surface area (Å²) >= 11 is 0. The predicted octanol–water partition coefficient (Wildman–Crippen LogP) is 5.01. The van der Waals surface area contributed by atoms with Gasteiger partial charge in [-0.15, -0.1) is 0 Å². The lowest BCUT2D eigenvalue weighted by Crippen LogP contribution is -2.42. The summed E-state index contributed by atoms with van der Waals surface area (Å²) in [5, 5.41) is 0. The fourth-order valence-electron chi connectivity index (χ4n) is 3.95. The molecule has 0 aliphatic carbocycles. The zero-order valence-corrected chi connectivity index (χ0v) is 16.0. The Labute approximate surface area is 165 Å². The molecule has 1 amide bonds. The van der Waals surface area contributed by atoms with E-state index < -0.39 is 18.1 Å². The lowest BCUT2D eigenvalue weighted by molar-refractivity contribution is -0.146. The molecule has 1 aliphatic rings. The fraction of sp³-hybridized carbons (Fsp3) is 0.333. The van der Waals surface area contributed by atoms with Crippen LogP contribution >= 0.6 is 0 Å². The van der Waals surface area contributed by atoms with Gasteiger partial charge < -0.3 is 9.30 Å². The van der Waals surface area contributed by atoms with E-state index in [9.17, 15) is 18.0 Å². The minimum atomic E-state index is -4.59. The minimum absolute atomic E-state index is 0.0576. The van der Waals surface area contributed by atoms with Gasteiger partial charge >= 0.3 is 12.3 Å². The van der Waals surface area contributed by atoms with Crippen molar-refractivity contribution in [3.63, 3.8) is 0 Å². The Bertz CT molecular complexity index is 1060. The molecular formula is C21H20F3N3O2. The van der Waals surface area contributed by atoms with Crippen molar-refractivity contribution < 1.29 is 22.7 Å². The van der Waals surface area contributed by atoms with Crippen LogP contribution in [-0.4, -0.2) is 28.8 Å². The van der Waals surface area contributed by atoms with Crippen molar-refractivity contribution in [3.05, 3.63) is 59.4 Å². The maximum Gasteiger partial charge on any atom is 0.449 e. The summed E-state index contributed by atoms with van der Waals surface area (Å²) in [5.74, 6) is -0.937. The van der Waals surface area contributed by atoms with Crippen LogP contribution in [0.3, 0.4) is 0 Å². The molecule has 0 N–H and O–H groups in total. The highest BCUT2D eigenvalue weighted by Gasteiger charge is 2.39. The number of imidazole rings is 1. The summed E-state index contributed by atoms with van der Waals surface area (Å²) in [5.41, 5.74) is 2.63. The molecule has 0 radical (unpaired) electrons. The summed E-state index contributed by atoms with van der Waals surface area (Å²) in [7, 11) is 1.29. The third-order valence-electron chi connectivity index (χ3n) is 5.32. The van der Waals surface area contributed by atoms with Crippen molar-refractivity contribution in [3.8, 4) is 0 Å². The molecule has 0 saturated heterocycles. The Kier molecular flexibility index (Phi) is 4.72. The van der Waals surface area contributed by atoms with Crippen LogP contribution in [0.5, 0.6) is 0 Å². The topological polar surface area (TPSA) is 47.4 Å². The minimum Gasteiger partial charge on any atom is -0.452 e. The lowest BCUT2D eigenvalue weighted by atomic mass is 9.96. The molecule has 2 aromatic carbocycles. The highest BCUT2D eigenvalue weighted by molar-refractivity contribution is 5.95. The number of fused-ring (bicyclic) bond motifs is 3. The molecular weight excluding hydrogens is 383 g/mol. The van der Waals surface area contributed by atoms with Gasteiger partial charge in [-0.1, -0.05) is 30.3 Å². The molecule has 1 aromatic heterocycles. The molecule has 0 saturated carbocycles. The number of anilines is 1. The molecule has 0 spiro atoms. The summed E-state index contributed by atoms with van der Waals surface area (Å²) < 4.78 is 47.4. The Balaban J connectivity index is 1.92. The molecule has 8 heteroatoms. The Morgan fingerprint density at radius 2 is 1.93 bits per heavy atom. The zero-order valence-electron chi connectivity index (χ0n) is 16.0. The zero-order chi connectivity index (χ0) is 20.8. The molecule has 1 atom stereocenters. The molecule has 5 nitrogen and oxygen atoms in total. The van der Waals surface area contributed by atoms with Crippen LogP contribution in [0.2, 0.25) is 0 Å². The molecule has 0 bridgehead atoms. The number of nitrogens with zero attached hydrogens (tertiary/aromatic N) is 3. The number of aryl methyl sites for hydroxylation is 1. The quantitative estimate of drug-likeness (QED) is 0.604. The second-order valence-electron chi connectivity index (χ2n) is 7.16. The van der Waals surface area contributed by atoms with Gasteiger partial charge in [0.2, 0.25) is 5.82 Å². The van der Waals surface area contributed by atoms with Crippen LogP contribution in [0, 0.1) is 0 Å². The van der Waals surface area contributed by atoms with Gasteiger partial charge in [-0.3, -0.25) is 4.90 Å². The van der Waals surface area contributed by atoms with Gasteiger partial charge in [0.1, 0.15) is 0 Å². The molecule has 2 heterocycles. The van der Waals surface area contributed by atoms with E-state index in [1.807, 2.05) is 13.0 Å². The van der Waals surface area contributed by atoms with E-state index in [1.54, 1.807) is 36.4 Å². The maximum absolute atomic E-state index is 13.8. The van der Waals surface area contributed by atoms with Crippen LogP contribution in [0.15, 0.2) is 42.5 Å². The fourth-order valence-corrected chi connectivity index (χ4v) is 3.95. The smallest absolute Gasteiger partial charge is 0.449 e. The predicted molar refractivity (Wildman–Crippen MR) is 103 cm³/mol. The first-order valence-electron chi connectivity index (χ1n) is 9.31. The van der Waals surface area contributed by atoms with E-state index in [4.69, 9.17) is 4.74 Å². The normalized spacial score (nSPS) is 16.7. The number of aromatic nitrogens is 2. The van der Waals surface area contributed by atoms with Crippen molar-refractivity contribution >= 4 is 22.8 Å². The number of carbonyl (C=O) groups excluding carboxylic acids is 1. The standard InChI is InChI=1S/C21H20F3N3O2/c1-13-8-9-15-16(27(13)20(28)29-2)10-11-17-18(15)25-19(21(22,23)24)26(17)12-14-6-4-3-5-7-14/h3-7,10-11,13H,8-9,12H2,1-2H3/t13-/m0/s1. The Morgan fingerprint density at radius 1 is 1.21 bits per heavy atom. The number of halogens is 3. The van der Waals surface area contributed by atoms with E-state index in [0.717, 1.165) is 5.56 Å². The molecule has 1 aliphatic heterocycles. The van der Waals surface area contributed by atoms with Crippen LogP contribution in [-0.2, 0) is 23.9 Å². The van der Waals surface area contributed by atoms with E-state index in [0.29, 0.717) is 29.6 Å². The monoisotopic (exact) mass is 403 g/mol. The van der Waals surface area contributed by atoms with Gasteiger partial charge in [0.05, 0.1) is 23.8 Å². The molecule has 29 heavy (non-hydrogen) atoms. The molecule has 3 aromatic rings. The number of alkyl halides is 3. The van der Waals surface area contributed by atoms with Gasteiger partial charge in [0.25, 0.3) is 0 Å². The first-order chi connectivity index (χ1) is 13.8. The Morgan fingerprint density at radius 3 is 2.59 bits per heavy atom. The van der Waals surface area contributed by atoms with Gasteiger partial charge in [0, 0.05) is 18.2 Å².